The van der Waals surface area contributed by atoms with E-state index >= 15 is 0 Å². The predicted molar refractivity (Wildman–Crippen MR) is 93.8 cm³/mol. The molecule has 2 aliphatic heterocycles. The number of carbonyl (C=O) groups is 1. The third-order valence-corrected chi connectivity index (χ3v) is 5.27. The molecule has 0 saturated carbocycles. The van der Waals surface area contributed by atoms with Gasteiger partial charge in [-0.05, 0) is 44.0 Å². The summed E-state index contributed by atoms with van der Waals surface area (Å²) in [6.07, 6.45) is 3.74. The van der Waals surface area contributed by atoms with Crippen LogP contribution < -0.4 is 5.43 Å². The van der Waals surface area contributed by atoms with Gasteiger partial charge in [0.25, 0.3) is 0 Å². The topological polar surface area (TPSA) is 56.4 Å². The number of benzene rings is 1. The second-order valence-electron chi connectivity index (χ2n) is 7.07. The summed E-state index contributed by atoms with van der Waals surface area (Å²) in [5.74, 6) is -0.132. The Kier molecular flexibility index (Phi) is 4.29. The Bertz CT molecular complexity index is 863. The van der Waals surface area contributed by atoms with Crippen molar-refractivity contribution in [2.45, 2.75) is 38.3 Å². The molecule has 1 aromatic heterocycles. The number of aromatic nitrogens is 1. The minimum Gasteiger partial charge on any atom is -0.357 e. The van der Waals surface area contributed by atoms with Gasteiger partial charge < -0.3 is 9.88 Å². The molecule has 0 spiro atoms. The number of hydrogen-bond donors (Lipinski definition) is 1. The molecule has 1 aromatic carbocycles. The third-order valence-electron chi connectivity index (χ3n) is 5.27. The number of likely N-dealkylation sites (tertiary alicyclic amines) is 2. The van der Waals surface area contributed by atoms with E-state index in [1.165, 1.54) is 12.1 Å². The second kappa shape index (κ2) is 6.59. The fraction of sp³-hybridized carbons (Fsp3) is 0.474. The molecule has 0 bridgehead atoms. The van der Waals surface area contributed by atoms with Crippen molar-refractivity contribution in [3.05, 3.63) is 46.0 Å². The monoisotopic (exact) mass is 343 g/mol. The van der Waals surface area contributed by atoms with Crippen LogP contribution in [-0.4, -0.2) is 46.4 Å². The molecule has 6 heteroatoms. The number of H-pyrrole nitrogens is 1. The van der Waals surface area contributed by atoms with Gasteiger partial charge in [0.1, 0.15) is 5.82 Å². The lowest BCUT2D eigenvalue weighted by Crippen LogP contribution is -2.48. The smallest absolute Gasteiger partial charge is 0.222 e. The fourth-order valence-corrected chi connectivity index (χ4v) is 4.08. The molecule has 1 atom stereocenters. The van der Waals surface area contributed by atoms with Crippen LogP contribution >= 0.6 is 0 Å². The Labute approximate surface area is 145 Å². The van der Waals surface area contributed by atoms with Gasteiger partial charge in [0.2, 0.25) is 5.91 Å². The van der Waals surface area contributed by atoms with Crippen LogP contribution in [-0.2, 0) is 11.3 Å². The van der Waals surface area contributed by atoms with Gasteiger partial charge in [-0.1, -0.05) is 0 Å². The van der Waals surface area contributed by atoms with Gasteiger partial charge >= 0.3 is 0 Å². The maximum absolute atomic E-state index is 13.3. The van der Waals surface area contributed by atoms with Crippen molar-refractivity contribution in [3.63, 3.8) is 0 Å². The molecular formula is C19H22FN3O2. The number of nitrogens with one attached hydrogen (secondary N) is 1. The Hall–Kier alpha value is -2.21. The minimum absolute atomic E-state index is 0.161. The summed E-state index contributed by atoms with van der Waals surface area (Å²) in [6.45, 7) is 3.31. The lowest BCUT2D eigenvalue weighted by atomic mass is 10.0. The molecule has 1 amide bonds. The zero-order valence-electron chi connectivity index (χ0n) is 14.1. The van der Waals surface area contributed by atoms with Crippen LogP contribution in [0.4, 0.5) is 4.39 Å². The van der Waals surface area contributed by atoms with Crippen LogP contribution in [0.15, 0.2) is 29.1 Å². The van der Waals surface area contributed by atoms with Crippen LogP contribution in [0, 0.1) is 5.82 Å². The summed E-state index contributed by atoms with van der Waals surface area (Å²) >= 11 is 0. The molecule has 2 saturated heterocycles. The Morgan fingerprint density at radius 3 is 2.84 bits per heavy atom. The van der Waals surface area contributed by atoms with Crippen molar-refractivity contribution < 1.29 is 9.18 Å². The SMILES string of the molecule is O=C1CCCN1C1CCCN(Cc2cc(=O)c3cc(F)ccc3[nH]2)C1. The van der Waals surface area contributed by atoms with E-state index in [-0.39, 0.29) is 17.4 Å². The normalized spacial score (nSPS) is 22.0. The number of piperidine rings is 1. The first-order chi connectivity index (χ1) is 12.1. The van der Waals surface area contributed by atoms with Gasteiger partial charge in [-0.15, -0.1) is 0 Å². The number of aromatic amines is 1. The molecule has 3 heterocycles. The number of carbonyl (C=O) groups excluding carboxylic acids is 1. The summed E-state index contributed by atoms with van der Waals surface area (Å²) < 4.78 is 13.3. The van der Waals surface area contributed by atoms with E-state index in [2.05, 4.69) is 9.88 Å². The molecule has 0 radical (unpaired) electrons. The van der Waals surface area contributed by atoms with Crippen molar-refractivity contribution in [2.75, 3.05) is 19.6 Å². The van der Waals surface area contributed by atoms with Crippen LogP contribution in [0.3, 0.4) is 0 Å². The summed E-state index contributed by atoms with van der Waals surface area (Å²) in [5, 5.41) is 0.378. The molecule has 2 fully saturated rings. The highest BCUT2D eigenvalue weighted by atomic mass is 19.1. The number of fused-ring (bicyclic) bond motifs is 1. The molecule has 1 N–H and O–H groups in total. The van der Waals surface area contributed by atoms with Crippen LogP contribution in [0.5, 0.6) is 0 Å². The van der Waals surface area contributed by atoms with E-state index in [0.717, 1.165) is 44.6 Å². The first-order valence-corrected chi connectivity index (χ1v) is 8.93. The highest BCUT2D eigenvalue weighted by molar-refractivity contribution is 5.79. The lowest BCUT2D eigenvalue weighted by Gasteiger charge is -2.37. The lowest BCUT2D eigenvalue weighted by molar-refractivity contribution is -0.130. The molecule has 2 aliphatic rings. The van der Waals surface area contributed by atoms with Gasteiger partial charge in [0, 0.05) is 54.8 Å². The van der Waals surface area contributed by atoms with E-state index in [4.69, 9.17) is 0 Å². The first-order valence-electron chi connectivity index (χ1n) is 8.93. The van der Waals surface area contributed by atoms with E-state index in [1.807, 2.05) is 4.90 Å². The van der Waals surface area contributed by atoms with Crippen molar-refractivity contribution in [3.8, 4) is 0 Å². The average molecular weight is 343 g/mol. The molecule has 132 valence electrons. The minimum atomic E-state index is -0.403. The summed E-state index contributed by atoms with van der Waals surface area (Å²) in [7, 11) is 0. The Balaban J connectivity index is 1.51. The van der Waals surface area contributed by atoms with E-state index in [0.29, 0.717) is 23.9 Å². The molecule has 2 aromatic rings. The number of rotatable bonds is 3. The van der Waals surface area contributed by atoms with Gasteiger partial charge in [0.15, 0.2) is 5.43 Å². The number of hydrogen-bond acceptors (Lipinski definition) is 3. The van der Waals surface area contributed by atoms with Crippen molar-refractivity contribution >= 4 is 16.8 Å². The van der Waals surface area contributed by atoms with E-state index in [1.54, 1.807) is 12.1 Å². The van der Waals surface area contributed by atoms with Gasteiger partial charge in [-0.2, -0.15) is 0 Å². The van der Waals surface area contributed by atoms with Crippen LogP contribution in [0.1, 0.15) is 31.4 Å². The largest absolute Gasteiger partial charge is 0.357 e. The predicted octanol–water partition coefficient (Wildman–Crippen LogP) is 2.25. The molecule has 1 unspecified atom stereocenters. The van der Waals surface area contributed by atoms with Gasteiger partial charge in [-0.3, -0.25) is 14.5 Å². The zero-order chi connectivity index (χ0) is 17.4. The zero-order valence-corrected chi connectivity index (χ0v) is 14.1. The van der Waals surface area contributed by atoms with E-state index < -0.39 is 5.82 Å². The number of pyridine rings is 1. The number of amides is 1. The Morgan fingerprint density at radius 1 is 1.16 bits per heavy atom. The Morgan fingerprint density at radius 2 is 2.04 bits per heavy atom. The fourth-order valence-electron chi connectivity index (χ4n) is 4.08. The maximum Gasteiger partial charge on any atom is 0.222 e. The third kappa shape index (κ3) is 3.31. The first kappa shape index (κ1) is 16.3. The highest BCUT2D eigenvalue weighted by Gasteiger charge is 2.31. The summed E-state index contributed by atoms with van der Waals surface area (Å²) in [6, 6.07) is 6.08. The number of halogens is 1. The molecule has 25 heavy (non-hydrogen) atoms. The standard InChI is InChI=1S/C19H22FN3O2/c20-13-5-6-17-16(9-13)18(24)10-14(21-17)11-22-7-1-3-15(12-22)23-8-2-4-19(23)25/h5-6,9-10,15H,1-4,7-8,11-12H2,(H,21,24). The van der Waals surface area contributed by atoms with Crippen molar-refractivity contribution in [1.82, 2.24) is 14.8 Å². The number of nitrogens with zero attached hydrogens (tertiary/aromatic N) is 2. The maximum atomic E-state index is 13.3. The van der Waals surface area contributed by atoms with Crippen LogP contribution in [0.2, 0.25) is 0 Å². The average Bonchev–Trinajstić information content (AvgIpc) is 3.02. The van der Waals surface area contributed by atoms with Crippen molar-refractivity contribution in [2.24, 2.45) is 0 Å². The van der Waals surface area contributed by atoms with Gasteiger partial charge in [-0.25, -0.2) is 4.39 Å². The quantitative estimate of drug-likeness (QED) is 0.930. The second-order valence-corrected chi connectivity index (χ2v) is 7.07. The molecule has 4 rings (SSSR count). The van der Waals surface area contributed by atoms with Crippen LogP contribution in [0.25, 0.3) is 10.9 Å². The molecule has 5 nitrogen and oxygen atoms in total. The molecule has 0 aliphatic carbocycles. The van der Waals surface area contributed by atoms with Gasteiger partial charge in [0.05, 0.1) is 0 Å². The molecular weight excluding hydrogens is 321 g/mol. The van der Waals surface area contributed by atoms with E-state index in [9.17, 15) is 14.0 Å². The highest BCUT2D eigenvalue weighted by Crippen LogP contribution is 2.22. The summed E-state index contributed by atoms with van der Waals surface area (Å²) in [4.78, 5) is 31.8. The van der Waals surface area contributed by atoms with Crippen molar-refractivity contribution in [1.29, 1.82) is 0 Å². The summed E-state index contributed by atoms with van der Waals surface area (Å²) in [5.41, 5.74) is 1.33.